The fourth-order valence-electron chi connectivity index (χ4n) is 2.17. The molecule has 0 atom stereocenters. The van der Waals surface area contributed by atoms with Crippen molar-refractivity contribution < 1.29 is 24.2 Å². The second-order valence-electron chi connectivity index (χ2n) is 5.45. The number of ether oxygens (including phenoxy) is 2. The summed E-state index contributed by atoms with van der Waals surface area (Å²) in [6.07, 6.45) is 1.78. The minimum atomic E-state index is -0.405. The molecule has 0 bridgehead atoms. The lowest BCUT2D eigenvalue weighted by molar-refractivity contribution is -0.115. The number of carbonyl (C=O) groups excluding carboxylic acids is 2. The number of anilines is 1. The number of hydrazone groups is 1. The van der Waals surface area contributed by atoms with Crippen molar-refractivity contribution in [1.82, 2.24) is 5.43 Å². The van der Waals surface area contributed by atoms with Crippen LogP contribution in [0.5, 0.6) is 17.2 Å². The van der Waals surface area contributed by atoms with E-state index in [9.17, 15) is 14.7 Å². The van der Waals surface area contributed by atoms with Gasteiger partial charge in [-0.25, -0.2) is 5.43 Å². The third-order valence-corrected chi connectivity index (χ3v) is 3.63. The van der Waals surface area contributed by atoms with Crippen molar-refractivity contribution in [2.75, 3.05) is 19.5 Å². The Morgan fingerprint density at radius 3 is 2.22 bits per heavy atom. The highest BCUT2D eigenvalue weighted by Crippen LogP contribution is 2.36. The lowest BCUT2D eigenvalue weighted by atomic mass is 10.2. The first-order chi connectivity index (χ1) is 13.0. The number of nitrogens with one attached hydrogen (secondary N) is 2. The Morgan fingerprint density at radius 1 is 1.11 bits per heavy atom. The van der Waals surface area contributed by atoms with E-state index in [1.165, 1.54) is 20.4 Å². The predicted molar refractivity (Wildman–Crippen MR) is 102 cm³/mol. The van der Waals surface area contributed by atoms with Crippen molar-refractivity contribution in [1.29, 1.82) is 0 Å². The average Bonchev–Trinajstić information content (AvgIpc) is 2.69. The number of phenolic OH excluding ortho intramolecular Hbond substituents is 1. The zero-order valence-electron chi connectivity index (χ0n) is 15.3. The third-order valence-electron chi connectivity index (χ3n) is 3.63. The van der Waals surface area contributed by atoms with Gasteiger partial charge >= 0.3 is 0 Å². The quantitative estimate of drug-likeness (QED) is 0.512. The summed E-state index contributed by atoms with van der Waals surface area (Å²) in [5.41, 5.74) is 3.98. The highest BCUT2D eigenvalue weighted by molar-refractivity contribution is 5.96. The van der Waals surface area contributed by atoms with Gasteiger partial charge in [0.05, 0.1) is 20.4 Å². The molecule has 3 N–H and O–H groups in total. The van der Waals surface area contributed by atoms with E-state index in [-0.39, 0.29) is 23.2 Å². The third kappa shape index (κ3) is 5.21. The molecule has 142 valence electrons. The molecule has 0 aromatic heterocycles. The first-order valence-electron chi connectivity index (χ1n) is 8.16. The Hall–Kier alpha value is -3.55. The highest BCUT2D eigenvalue weighted by atomic mass is 16.5. The van der Waals surface area contributed by atoms with Gasteiger partial charge in [0.2, 0.25) is 11.7 Å². The average molecular weight is 371 g/mol. The molecule has 2 aromatic rings. The normalized spacial score (nSPS) is 10.5. The van der Waals surface area contributed by atoms with Crippen LogP contribution in [0.4, 0.5) is 5.69 Å². The van der Waals surface area contributed by atoms with Gasteiger partial charge in [-0.1, -0.05) is 6.92 Å². The number of methoxy groups -OCH3 is 2. The summed E-state index contributed by atoms with van der Waals surface area (Å²) in [7, 11) is 2.84. The summed E-state index contributed by atoms with van der Waals surface area (Å²) >= 11 is 0. The second-order valence-corrected chi connectivity index (χ2v) is 5.45. The van der Waals surface area contributed by atoms with Crippen LogP contribution in [0.1, 0.15) is 29.3 Å². The molecule has 0 fully saturated rings. The van der Waals surface area contributed by atoms with Crippen LogP contribution in [0.25, 0.3) is 0 Å². The zero-order valence-corrected chi connectivity index (χ0v) is 15.3. The molecule has 0 unspecified atom stereocenters. The van der Waals surface area contributed by atoms with E-state index in [0.717, 1.165) is 0 Å². The summed E-state index contributed by atoms with van der Waals surface area (Å²) < 4.78 is 10.1. The van der Waals surface area contributed by atoms with Crippen molar-refractivity contribution in [2.24, 2.45) is 5.10 Å². The van der Waals surface area contributed by atoms with E-state index in [0.29, 0.717) is 23.2 Å². The monoisotopic (exact) mass is 371 g/mol. The lowest BCUT2D eigenvalue weighted by Crippen LogP contribution is -2.17. The van der Waals surface area contributed by atoms with Gasteiger partial charge in [0.25, 0.3) is 5.91 Å². The van der Waals surface area contributed by atoms with Crippen molar-refractivity contribution in [3.8, 4) is 17.2 Å². The van der Waals surface area contributed by atoms with Gasteiger partial charge in [-0.15, -0.1) is 0 Å². The molecule has 0 radical (unpaired) electrons. The smallest absolute Gasteiger partial charge is 0.271 e. The number of rotatable bonds is 7. The minimum Gasteiger partial charge on any atom is -0.502 e. The van der Waals surface area contributed by atoms with Crippen LogP contribution in [0.2, 0.25) is 0 Å². The Labute approximate surface area is 156 Å². The number of carbonyl (C=O) groups is 2. The number of amides is 2. The number of phenols is 1. The summed E-state index contributed by atoms with van der Waals surface area (Å²) in [4.78, 5) is 23.5. The topological polar surface area (TPSA) is 109 Å². The van der Waals surface area contributed by atoms with Crippen LogP contribution < -0.4 is 20.2 Å². The van der Waals surface area contributed by atoms with Crippen LogP contribution >= 0.6 is 0 Å². The van der Waals surface area contributed by atoms with Crippen LogP contribution in [0.15, 0.2) is 41.5 Å². The highest BCUT2D eigenvalue weighted by Gasteiger charge is 2.10. The maximum atomic E-state index is 12.1. The van der Waals surface area contributed by atoms with Gasteiger partial charge in [-0.2, -0.15) is 5.10 Å². The number of aromatic hydroxyl groups is 1. The molecule has 8 heteroatoms. The molecule has 0 saturated heterocycles. The van der Waals surface area contributed by atoms with Crippen molar-refractivity contribution in [2.45, 2.75) is 13.3 Å². The van der Waals surface area contributed by atoms with E-state index < -0.39 is 5.91 Å². The molecule has 27 heavy (non-hydrogen) atoms. The molecular weight excluding hydrogens is 350 g/mol. The summed E-state index contributed by atoms with van der Waals surface area (Å²) in [5.74, 6) is -0.163. The van der Waals surface area contributed by atoms with Gasteiger partial charge in [0.15, 0.2) is 11.5 Å². The van der Waals surface area contributed by atoms with Crippen LogP contribution in [0, 0.1) is 0 Å². The van der Waals surface area contributed by atoms with Crippen LogP contribution in [-0.4, -0.2) is 37.4 Å². The summed E-state index contributed by atoms with van der Waals surface area (Å²) in [5, 5.41) is 16.5. The largest absolute Gasteiger partial charge is 0.502 e. The van der Waals surface area contributed by atoms with Crippen LogP contribution in [-0.2, 0) is 4.79 Å². The Morgan fingerprint density at radius 2 is 1.70 bits per heavy atom. The number of hydrogen-bond donors (Lipinski definition) is 3. The number of nitrogens with zero attached hydrogens (tertiary/aromatic N) is 1. The van der Waals surface area contributed by atoms with Crippen molar-refractivity contribution in [3.05, 3.63) is 47.5 Å². The van der Waals surface area contributed by atoms with Gasteiger partial charge in [0.1, 0.15) is 0 Å². The molecule has 0 saturated carbocycles. The van der Waals surface area contributed by atoms with Gasteiger partial charge in [0, 0.05) is 23.2 Å². The number of hydrogen-bond acceptors (Lipinski definition) is 6. The van der Waals surface area contributed by atoms with E-state index in [4.69, 9.17) is 9.47 Å². The van der Waals surface area contributed by atoms with Crippen LogP contribution in [0.3, 0.4) is 0 Å². The van der Waals surface area contributed by atoms with Gasteiger partial charge in [-0.3, -0.25) is 9.59 Å². The maximum absolute atomic E-state index is 12.1. The minimum absolute atomic E-state index is 0.100. The van der Waals surface area contributed by atoms with E-state index in [1.807, 2.05) is 0 Å². The Balaban J connectivity index is 2.03. The van der Waals surface area contributed by atoms with E-state index in [2.05, 4.69) is 15.8 Å². The molecule has 2 rings (SSSR count). The molecule has 0 spiro atoms. The summed E-state index contributed by atoms with van der Waals surface area (Å²) in [6.45, 7) is 1.76. The standard InChI is InChI=1S/C19H21N3O5/c1-4-17(23)21-14-7-5-13(6-8-14)19(25)22-20-11-12-9-15(26-2)18(24)16(10-12)27-3/h5-11,24H,4H2,1-3H3,(H,21,23)(H,22,25)/b20-11+. The Bertz CT molecular complexity index is 822. The predicted octanol–water partition coefficient (Wildman–Crippen LogP) is 2.52. The van der Waals surface area contributed by atoms with Crippen molar-refractivity contribution in [3.63, 3.8) is 0 Å². The molecule has 2 amide bonds. The molecule has 0 aliphatic heterocycles. The first-order valence-corrected chi connectivity index (χ1v) is 8.16. The zero-order chi connectivity index (χ0) is 19.8. The van der Waals surface area contributed by atoms with E-state index in [1.54, 1.807) is 43.3 Å². The van der Waals surface area contributed by atoms with E-state index >= 15 is 0 Å². The van der Waals surface area contributed by atoms with Crippen molar-refractivity contribution >= 4 is 23.7 Å². The maximum Gasteiger partial charge on any atom is 0.271 e. The lowest BCUT2D eigenvalue weighted by Gasteiger charge is -2.09. The molecular formula is C19H21N3O5. The summed E-state index contributed by atoms with van der Waals surface area (Å²) in [6, 6.07) is 9.56. The SMILES string of the molecule is CCC(=O)Nc1ccc(C(=O)N/N=C/c2cc(OC)c(O)c(OC)c2)cc1. The molecule has 0 heterocycles. The molecule has 2 aromatic carbocycles. The van der Waals surface area contributed by atoms with Gasteiger partial charge in [-0.05, 0) is 36.4 Å². The molecule has 8 nitrogen and oxygen atoms in total. The molecule has 0 aliphatic carbocycles. The Kier molecular flexibility index (Phi) is 6.76. The molecule has 0 aliphatic rings. The first kappa shape index (κ1) is 19.8. The fraction of sp³-hybridized carbons (Fsp3) is 0.211. The van der Waals surface area contributed by atoms with Gasteiger partial charge < -0.3 is 19.9 Å². The fourth-order valence-corrected chi connectivity index (χ4v) is 2.17. The second kappa shape index (κ2) is 9.23. The number of benzene rings is 2.